The average molecular weight is 427 g/mol. The highest BCUT2D eigenvalue weighted by atomic mass is 127. The molecule has 0 unspecified atom stereocenters. The molecule has 0 atom stereocenters. The molecule has 1 heterocycles. The lowest BCUT2D eigenvalue weighted by molar-refractivity contribution is 1.38. The summed E-state index contributed by atoms with van der Waals surface area (Å²) in [6, 6.07) is 27.7. The van der Waals surface area contributed by atoms with Crippen molar-refractivity contribution in [2.75, 3.05) is 0 Å². The molecule has 112 valence electrons. The fourth-order valence-corrected chi connectivity index (χ4v) is 4.10. The first-order chi connectivity index (χ1) is 11.3. The third-order valence-corrected chi connectivity index (χ3v) is 5.61. The Labute approximate surface area is 153 Å². The van der Waals surface area contributed by atoms with E-state index in [1.165, 1.54) is 35.5 Å². The van der Waals surface area contributed by atoms with E-state index in [1.807, 2.05) is 11.8 Å². The summed E-state index contributed by atoms with van der Waals surface area (Å²) in [6.07, 6.45) is 0. The summed E-state index contributed by atoms with van der Waals surface area (Å²) in [4.78, 5) is 6.14. The maximum Gasteiger partial charge on any atom is 0.0606 e. The van der Waals surface area contributed by atoms with Crippen molar-refractivity contribution < 1.29 is 0 Å². The Morgan fingerprint density at radius 2 is 1.43 bits per heavy atom. The third kappa shape index (κ3) is 3.03. The van der Waals surface area contributed by atoms with Crippen molar-refractivity contribution in [3.8, 4) is 11.3 Å². The predicted molar refractivity (Wildman–Crippen MR) is 107 cm³/mol. The zero-order valence-corrected chi connectivity index (χ0v) is 15.3. The van der Waals surface area contributed by atoms with E-state index < -0.39 is 0 Å². The predicted octanol–water partition coefficient (Wildman–Crippen LogP) is 6.59. The van der Waals surface area contributed by atoms with E-state index in [0.717, 1.165) is 0 Å². The van der Waals surface area contributed by atoms with Crippen molar-refractivity contribution >= 4 is 45.3 Å². The van der Waals surface area contributed by atoms with Crippen LogP contribution >= 0.6 is 34.4 Å². The molecule has 1 N–H and O–H groups in total. The fourth-order valence-electron chi connectivity index (χ4n) is 2.65. The lowest BCUT2D eigenvalue weighted by atomic mass is 10.1. The largest absolute Gasteiger partial charge is 0.354 e. The average Bonchev–Trinajstić information content (AvgIpc) is 2.95. The molecule has 0 saturated carbocycles. The highest BCUT2D eigenvalue weighted by molar-refractivity contribution is 14.1. The van der Waals surface area contributed by atoms with Crippen molar-refractivity contribution in [1.82, 2.24) is 4.98 Å². The van der Waals surface area contributed by atoms with Crippen molar-refractivity contribution in [1.29, 1.82) is 0 Å². The van der Waals surface area contributed by atoms with Crippen LogP contribution in [0.15, 0.2) is 88.7 Å². The summed E-state index contributed by atoms with van der Waals surface area (Å²) in [5.74, 6) is 0. The Bertz CT molecular complexity index is 942. The van der Waals surface area contributed by atoms with E-state index in [0.29, 0.717) is 0 Å². The maximum absolute atomic E-state index is 3.60. The smallest absolute Gasteiger partial charge is 0.0606 e. The number of halogens is 1. The van der Waals surface area contributed by atoms with Crippen molar-refractivity contribution in [3.63, 3.8) is 0 Å². The first kappa shape index (κ1) is 14.8. The maximum atomic E-state index is 3.60. The second kappa shape index (κ2) is 6.42. The van der Waals surface area contributed by atoms with E-state index >= 15 is 0 Å². The van der Waals surface area contributed by atoms with Crippen LogP contribution in [0.1, 0.15) is 0 Å². The zero-order chi connectivity index (χ0) is 15.6. The van der Waals surface area contributed by atoms with Gasteiger partial charge in [0.25, 0.3) is 0 Å². The van der Waals surface area contributed by atoms with Crippen LogP contribution in [0.3, 0.4) is 0 Å². The van der Waals surface area contributed by atoms with Crippen LogP contribution in [0, 0.1) is 3.57 Å². The van der Waals surface area contributed by atoms with Gasteiger partial charge in [-0.2, -0.15) is 0 Å². The number of hydrogen-bond acceptors (Lipinski definition) is 1. The molecule has 3 heteroatoms. The second-order valence-corrected chi connectivity index (χ2v) is 7.63. The first-order valence-electron chi connectivity index (χ1n) is 7.41. The number of hydrogen-bond donors (Lipinski definition) is 1. The van der Waals surface area contributed by atoms with Gasteiger partial charge in [-0.1, -0.05) is 60.3 Å². The number of H-pyrrole nitrogens is 1. The minimum absolute atomic E-state index is 1.18. The summed E-state index contributed by atoms with van der Waals surface area (Å²) in [5, 5.41) is 1.27. The van der Waals surface area contributed by atoms with Gasteiger partial charge in [-0.05, 0) is 58.5 Å². The molecule has 0 aliphatic heterocycles. The molecule has 4 aromatic rings. The number of aromatic amines is 1. The lowest BCUT2D eigenvalue weighted by Crippen LogP contribution is -1.81. The highest BCUT2D eigenvalue weighted by Gasteiger charge is 2.14. The SMILES string of the molecule is Ic1ccc(-c2[nH]c3ccccc3c2Sc2ccccc2)cc1. The number of para-hydroxylation sites is 1. The van der Waals surface area contributed by atoms with E-state index in [-0.39, 0.29) is 0 Å². The van der Waals surface area contributed by atoms with Gasteiger partial charge in [-0.3, -0.25) is 0 Å². The van der Waals surface area contributed by atoms with Gasteiger partial charge in [0.15, 0.2) is 0 Å². The molecule has 4 rings (SSSR count). The molecule has 1 nitrogen and oxygen atoms in total. The molecule has 0 bridgehead atoms. The topological polar surface area (TPSA) is 15.8 Å². The van der Waals surface area contributed by atoms with Gasteiger partial charge in [-0.25, -0.2) is 0 Å². The van der Waals surface area contributed by atoms with E-state index in [9.17, 15) is 0 Å². The van der Waals surface area contributed by atoms with Gasteiger partial charge in [0, 0.05) is 24.3 Å². The third-order valence-electron chi connectivity index (χ3n) is 3.75. The zero-order valence-electron chi connectivity index (χ0n) is 12.3. The number of fused-ring (bicyclic) bond motifs is 1. The summed E-state index contributed by atoms with van der Waals surface area (Å²) < 4.78 is 1.25. The summed E-state index contributed by atoms with van der Waals surface area (Å²) in [6.45, 7) is 0. The number of nitrogens with one attached hydrogen (secondary N) is 1. The normalized spacial score (nSPS) is 11.0. The Morgan fingerprint density at radius 3 is 2.22 bits per heavy atom. The molecule has 0 amide bonds. The van der Waals surface area contributed by atoms with Gasteiger partial charge >= 0.3 is 0 Å². The van der Waals surface area contributed by atoms with E-state index in [1.54, 1.807) is 0 Å². The van der Waals surface area contributed by atoms with E-state index in [2.05, 4.69) is 106 Å². The Hall–Kier alpha value is -1.72. The number of aromatic nitrogens is 1. The molecule has 0 spiro atoms. The molecule has 0 saturated heterocycles. The van der Waals surface area contributed by atoms with E-state index in [4.69, 9.17) is 0 Å². The quantitative estimate of drug-likeness (QED) is 0.365. The van der Waals surface area contributed by atoms with Crippen LogP contribution in [0.2, 0.25) is 0 Å². The molecule has 3 aromatic carbocycles. The monoisotopic (exact) mass is 427 g/mol. The minimum Gasteiger partial charge on any atom is -0.354 e. The molecule has 0 aliphatic rings. The molecular weight excluding hydrogens is 413 g/mol. The molecular formula is C20H14INS. The molecule has 0 radical (unpaired) electrons. The van der Waals surface area contributed by atoms with Crippen LogP contribution in [-0.2, 0) is 0 Å². The van der Waals surface area contributed by atoms with Crippen molar-refractivity contribution in [2.45, 2.75) is 9.79 Å². The second-order valence-electron chi connectivity index (χ2n) is 5.30. The molecule has 0 aliphatic carbocycles. The van der Waals surface area contributed by atoms with Gasteiger partial charge in [-0.15, -0.1) is 0 Å². The van der Waals surface area contributed by atoms with Crippen LogP contribution in [0.5, 0.6) is 0 Å². The van der Waals surface area contributed by atoms with Crippen LogP contribution in [0.25, 0.3) is 22.2 Å². The highest BCUT2D eigenvalue weighted by Crippen LogP contribution is 2.41. The van der Waals surface area contributed by atoms with Crippen molar-refractivity contribution in [2.24, 2.45) is 0 Å². The first-order valence-corrected chi connectivity index (χ1v) is 9.30. The van der Waals surface area contributed by atoms with Gasteiger partial charge in [0.2, 0.25) is 0 Å². The number of rotatable bonds is 3. The summed E-state index contributed by atoms with van der Waals surface area (Å²) in [5.41, 5.74) is 3.59. The van der Waals surface area contributed by atoms with Crippen molar-refractivity contribution in [3.05, 3.63) is 82.4 Å². The van der Waals surface area contributed by atoms with Crippen LogP contribution in [-0.4, -0.2) is 4.98 Å². The molecule has 1 aromatic heterocycles. The Balaban J connectivity index is 1.89. The van der Waals surface area contributed by atoms with Gasteiger partial charge in [0.05, 0.1) is 5.69 Å². The lowest BCUT2D eigenvalue weighted by Gasteiger charge is -2.05. The molecule has 23 heavy (non-hydrogen) atoms. The standard InChI is InChI=1S/C20H14INS/c21-15-12-10-14(11-13-15)19-20(23-16-6-2-1-3-7-16)17-8-4-5-9-18(17)22-19/h1-13,22H. The molecule has 0 fully saturated rings. The summed E-state index contributed by atoms with van der Waals surface area (Å²) >= 11 is 4.16. The Morgan fingerprint density at radius 1 is 0.739 bits per heavy atom. The van der Waals surface area contributed by atoms with Crippen LogP contribution in [0.4, 0.5) is 0 Å². The fraction of sp³-hybridized carbons (Fsp3) is 0. The van der Waals surface area contributed by atoms with Gasteiger partial charge < -0.3 is 4.98 Å². The summed E-state index contributed by atoms with van der Waals surface area (Å²) in [7, 11) is 0. The minimum atomic E-state index is 1.18. The number of benzene rings is 3. The Kier molecular flexibility index (Phi) is 4.14. The van der Waals surface area contributed by atoms with Gasteiger partial charge in [0.1, 0.15) is 0 Å². The van der Waals surface area contributed by atoms with Crippen LogP contribution < -0.4 is 0 Å².